The molecule has 2 aromatic rings. The number of benzene rings is 2. The molecule has 110 valence electrons. The van der Waals surface area contributed by atoms with Crippen molar-refractivity contribution >= 4 is 0 Å². The molecule has 2 N–H and O–H groups in total. The smallest absolute Gasteiger partial charge is 0.123 e. The molecule has 0 saturated heterocycles. The van der Waals surface area contributed by atoms with Gasteiger partial charge in [0.2, 0.25) is 0 Å². The lowest BCUT2D eigenvalue weighted by molar-refractivity contribution is 0.249. The average Bonchev–Trinajstić information content (AvgIpc) is 2.51. The van der Waals surface area contributed by atoms with E-state index in [1.54, 1.807) is 0 Å². The Labute approximate surface area is 126 Å². The topological polar surface area (TPSA) is 26.0 Å². The summed E-state index contributed by atoms with van der Waals surface area (Å²) in [5.41, 5.74) is 9.05. The Morgan fingerprint density at radius 2 is 1.71 bits per heavy atom. The second kappa shape index (κ2) is 5.98. The normalized spacial score (nSPS) is 25.7. The molecule has 0 radical (unpaired) electrons. The van der Waals surface area contributed by atoms with Crippen molar-refractivity contribution in [1.29, 1.82) is 0 Å². The monoisotopic (exact) mass is 283 g/mol. The Balaban J connectivity index is 1.86. The van der Waals surface area contributed by atoms with E-state index in [1.165, 1.54) is 30.5 Å². The van der Waals surface area contributed by atoms with Crippen molar-refractivity contribution in [3.8, 4) is 0 Å². The zero-order valence-corrected chi connectivity index (χ0v) is 12.3. The maximum absolute atomic E-state index is 13.1. The van der Waals surface area contributed by atoms with Crippen LogP contribution in [-0.4, -0.2) is 5.54 Å². The summed E-state index contributed by atoms with van der Waals surface area (Å²) in [6.45, 7) is 0. The minimum absolute atomic E-state index is 0.187. The van der Waals surface area contributed by atoms with Gasteiger partial charge in [-0.05, 0) is 42.5 Å². The van der Waals surface area contributed by atoms with E-state index in [1.807, 2.05) is 18.2 Å². The van der Waals surface area contributed by atoms with E-state index in [0.717, 1.165) is 24.8 Å². The predicted molar refractivity (Wildman–Crippen MR) is 84.7 cm³/mol. The Kier molecular flexibility index (Phi) is 4.07. The van der Waals surface area contributed by atoms with Crippen LogP contribution >= 0.6 is 0 Å². The van der Waals surface area contributed by atoms with Gasteiger partial charge in [-0.25, -0.2) is 4.39 Å². The van der Waals surface area contributed by atoms with Crippen LogP contribution in [0.4, 0.5) is 4.39 Å². The van der Waals surface area contributed by atoms with Crippen molar-refractivity contribution in [1.82, 2.24) is 0 Å². The summed E-state index contributed by atoms with van der Waals surface area (Å²) in [7, 11) is 0. The van der Waals surface area contributed by atoms with Gasteiger partial charge in [0.25, 0.3) is 0 Å². The van der Waals surface area contributed by atoms with Gasteiger partial charge in [-0.3, -0.25) is 0 Å². The van der Waals surface area contributed by atoms with E-state index in [4.69, 9.17) is 5.73 Å². The van der Waals surface area contributed by atoms with Crippen LogP contribution in [0.5, 0.6) is 0 Å². The molecule has 21 heavy (non-hydrogen) atoms. The Morgan fingerprint density at radius 1 is 1.00 bits per heavy atom. The highest BCUT2D eigenvalue weighted by molar-refractivity contribution is 5.28. The van der Waals surface area contributed by atoms with Crippen molar-refractivity contribution in [3.63, 3.8) is 0 Å². The maximum atomic E-state index is 13.1. The second-order valence-electron chi connectivity index (χ2n) is 6.25. The highest BCUT2D eigenvalue weighted by Gasteiger charge is 2.37. The summed E-state index contributed by atoms with van der Waals surface area (Å²) >= 11 is 0. The molecule has 0 bridgehead atoms. The SMILES string of the molecule is NC1(Cc2ccc(F)cc2)CCCCC1c1ccccc1. The van der Waals surface area contributed by atoms with Gasteiger partial charge in [-0.2, -0.15) is 0 Å². The molecule has 2 heteroatoms. The number of nitrogens with two attached hydrogens (primary N) is 1. The van der Waals surface area contributed by atoms with Gasteiger partial charge >= 0.3 is 0 Å². The molecular weight excluding hydrogens is 261 g/mol. The molecule has 0 amide bonds. The number of halogens is 1. The van der Waals surface area contributed by atoms with E-state index in [2.05, 4.69) is 24.3 Å². The highest BCUT2D eigenvalue weighted by Crippen LogP contribution is 2.41. The fraction of sp³-hybridized carbons (Fsp3) is 0.368. The van der Waals surface area contributed by atoms with Crippen molar-refractivity contribution in [3.05, 3.63) is 71.5 Å². The third kappa shape index (κ3) is 3.16. The van der Waals surface area contributed by atoms with Crippen molar-refractivity contribution in [2.24, 2.45) is 5.73 Å². The van der Waals surface area contributed by atoms with Gasteiger partial charge in [0.15, 0.2) is 0 Å². The van der Waals surface area contributed by atoms with Gasteiger partial charge < -0.3 is 5.73 Å². The molecule has 0 aromatic heterocycles. The Morgan fingerprint density at radius 3 is 2.43 bits per heavy atom. The van der Waals surface area contributed by atoms with Crippen LogP contribution in [0.1, 0.15) is 42.7 Å². The number of rotatable bonds is 3. The van der Waals surface area contributed by atoms with Crippen molar-refractivity contribution in [2.75, 3.05) is 0 Å². The predicted octanol–water partition coefficient (Wildman–Crippen LogP) is 4.42. The van der Waals surface area contributed by atoms with Gasteiger partial charge in [0.1, 0.15) is 5.82 Å². The van der Waals surface area contributed by atoms with Crippen molar-refractivity contribution in [2.45, 2.75) is 43.6 Å². The molecule has 1 aliphatic carbocycles. The largest absolute Gasteiger partial charge is 0.324 e. The van der Waals surface area contributed by atoms with Gasteiger partial charge in [-0.1, -0.05) is 55.3 Å². The molecule has 0 heterocycles. The molecule has 1 aliphatic rings. The lowest BCUT2D eigenvalue weighted by atomic mass is 9.67. The highest BCUT2D eigenvalue weighted by atomic mass is 19.1. The lowest BCUT2D eigenvalue weighted by Gasteiger charge is -2.42. The van der Waals surface area contributed by atoms with Gasteiger partial charge in [0.05, 0.1) is 0 Å². The molecule has 3 rings (SSSR count). The van der Waals surface area contributed by atoms with E-state index < -0.39 is 0 Å². The van der Waals surface area contributed by atoms with E-state index in [0.29, 0.717) is 5.92 Å². The van der Waals surface area contributed by atoms with Crippen LogP contribution < -0.4 is 5.73 Å². The third-order valence-corrected chi connectivity index (χ3v) is 4.73. The van der Waals surface area contributed by atoms with Crippen LogP contribution in [0.3, 0.4) is 0 Å². The average molecular weight is 283 g/mol. The number of hydrogen-bond acceptors (Lipinski definition) is 1. The first-order chi connectivity index (χ1) is 10.2. The molecule has 1 saturated carbocycles. The molecule has 2 aromatic carbocycles. The molecule has 2 atom stereocenters. The summed E-state index contributed by atoms with van der Waals surface area (Å²) < 4.78 is 13.1. The number of hydrogen-bond donors (Lipinski definition) is 1. The second-order valence-corrected chi connectivity index (χ2v) is 6.25. The standard InChI is InChI=1S/C19H22FN/c20-17-11-9-15(10-12-17)14-19(21)13-5-4-8-18(19)16-6-2-1-3-7-16/h1-3,6-7,9-12,18H,4-5,8,13-14,21H2. The summed E-state index contributed by atoms with van der Waals surface area (Å²) in [5, 5.41) is 0. The van der Waals surface area contributed by atoms with Crippen LogP contribution in [0.2, 0.25) is 0 Å². The van der Waals surface area contributed by atoms with Crippen LogP contribution in [0.15, 0.2) is 54.6 Å². The minimum Gasteiger partial charge on any atom is -0.324 e. The Hall–Kier alpha value is -1.67. The van der Waals surface area contributed by atoms with Gasteiger partial charge in [0, 0.05) is 11.5 Å². The Bertz CT molecular complexity index is 578. The quantitative estimate of drug-likeness (QED) is 0.886. The molecule has 1 fully saturated rings. The van der Waals surface area contributed by atoms with E-state index in [-0.39, 0.29) is 11.4 Å². The van der Waals surface area contributed by atoms with Gasteiger partial charge in [-0.15, -0.1) is 0 Å². The molecular formula is C19H22FN. The minimum atomic E-state index is -0.225. The van der Waals surface area contributed by atoms with Crippen LogP contribution in [0, 0.1) is 5.82 Å². The summed E-state index contributed by atoms with van der Waals surface area (Å²) in [6, 6.07) is 17.4. The summed E-state index contributed by atoms with van der Waals surface area (Å²) in [6.07, 6.45) is 5.40. The van der Waals surface area contributed by atoms with Crippen LogP contribution in [-0.2, 0) is 6.42 Å². The van der Waals surface area contributed by atoms with Crippen molar-refractivity contribution < 1.29 is 4.39 Å². The molecule has 2 unspecified atom stereocenters. The first-order valence-electron chi connectivity index (χ1n) is 7.76. The van der Waals surface area contributed by atoms with E-state index >= 15 is 0 Å². The zero-order valence-electron chi connectivity index (χ0n) is 12.3. The fourth-order valence-corrected chi connectivity index (χ4v) is 3.64. The van der Waals surface area contributed by atoms with E-state index in [9.17, 15) is 4.39 Å². The lowest BCUT2D eigenvalue weighted by Crippen LogP contribution is -2.49. The molecule has 1 nitrogen and oxygen atoms in total. The molecule has 0 aliphatic heterocycles. The molecule has 0 spiro atoms. The third-order valence-electron chi connectivity index (χ3n) is 4.73. The first kappa shape index (κ1) is 14.3. The fourth-order valence-electron chi connectivity index (χ4n) is 3.64. The maximum Gasteiger partial charge on any atom is 0.123 e. The zero-order chi connectivity index (χ0) is 14.7. The van der Waals surface area contributed by atoms with Crippen LogP contribution in [0.25, 0.3) is 0 Å². The summed E-state index contributed by atoms with van der Waals surface area (Å²) in [5.74, 6) is 0.200. The summed E-state index contributed by atoms with van der Waals surface area (Å²) in [4.78, 5) is 0. The first-order valence-corrected chi connectivity index (χ1v) is 7.76.